The van der Waals surface area contributed by atoms with E-state index in [0.717, 1.165) is 17.0 Å². The Morgan fingerprint density at radius 3 is 2.58 bits per heavy atom. The van der Waals surface area contributed by atoms with Crippen molar-refractivity contribution in [2.75, 3.05) is 30.4 Å². The number of carbonyl (C=O) groups excluding carboxylic acids is 2. The van der Waals surface area contributed by atoms with Gasteiger partial charge in [0.1, 0.15) is 11.9 Å². The molecule has 0 spiro atoms. The lowest BCUT2D eigenvalue weighted by atomic mass is 10.0. The number of amides is 2. The molecular weight excluding hydrogens is 498 g/mol. The number of nitrogens with one attached hydrogen (secondary N) is 1. The Kier molecular flexibility index (Phi) is 9.60. The molecule has 5 nitrogen and oxygen atoms in total. The Morgan fingerprint density at radius 2 is 2.00 bits per heavy atom. The van der Waals surface area contributed by atoms with E-state index in [4.69, 9.17) is 11.6 Å². The smallest absolute Gasteiger partial charge is 0.338 e. The molecule has 0 radical (unpaired) electrons. The van der Waals surface area contributed by atoms with Crippen molar-refractivity contribution in [3.8, 4) is 0 Å². The maximum atomic E-state index is 13.7. The zero-order valence-electron chi connectivity index (χ0n) is 18.1. The van der Waals surface area contributed by atoms with Crippen LogP contribution in [0.25, 0.3) is 0 Å². The van der Waals surface area contributed by atoms with Gasteiger partial charge in [-0.25, -0.2) is 0 Å². The average Bonchev–Trinajstić information content (AvgIpc) is 3.30. The fourth-order valence-corrected chi connectivity index (χ4v) is 4.67. The molecule has 1 aromatic heterocycles. The van der Waals surface area contributed by atoms with Crippen LogP contribution in [0.15, 0.2) is 41.8 Å². The number of thiophene rings is 1. The summed E-state index contributed by atoms with van der Waals surface area (Å²) in [7, 11) is 0. The first-order valence-corrected chi connectivity index (χ1v) is 11.7. The van der Waals surface area contributed by atoms with Crippen molar-refractivity contribution in [2.24, 2.45) is 5.92 Å². The summed E-state index contributed by atoms with van der Waals surface area (Å²) in [6.45, 7) is 5.58. The van der Waals surface area contributed by atoms with Gasteiger partial charge in [0.05, 0.1) is 5.56 Å². The van der Waals surface area contributed by atoms with E-state index in [-0.39, 0.29) is 36.0 Å². The number of hydrogen-bond acceptors (Lipinski definition) is 4. The van der Waals surface area contributed by atoms with Crippen LogP contribution in [0.3, 0.4) is 0 Å². The van der Waals surface area contributed by atoms with Crippen molar-refractivity contribution in [2.45, 2.75) is 32.1 Å². The van der Waals surface area contributed by atoms with E-state index in [9.17, 15) is 22.8 Å². The number of hydrogen-bond donors (Lipinski definition) is 1. The Morgan fingerprint density at radius 1 is 1.27 bits per heavy atom. The summed E-state index contributed by atoms with van der Waals surface area (Å²) < 4.78 is 40.0. The van der Waals surface area contributed by atoms with Crippen molar-refractivity contribution < 1.29 is 22.8 Å². The van der Waals surface area contributed by atoms with Crippen molar-refractivity contribution >= 4 is 52.8 Å². The van der Waals surface area contributed by atoms with Crippen LogP contribution in [0.4, 0.5) is 18.9 Å². The Hall–Kier alpha value is -1.81. The molecule has 0 saturated carbocycles. The maximum absolute atomic E-state index is 13.7. The minimum atomic E-state index is -4.59. The second kappa shape index (κ2) is 11.6. The van der Waals surface area contributed by atoms with Gasteiger partial charge >= 0.3 is 6.18 Å². The molecular formula is C22H26Cl2F3N3O2S. The van der Waals surface area contributed by atoms with E-state index in [1.54, 1.807) is 22.4 Å². The van der Waals surface area contributed by atoms with Gasteiger partial charge < -0.3 is 10.2 Å². The molecule has 11 heteroatoms. The van der Waals surface area contributed by atoms with E-state index in [0.29, 0.717) is 24.5 Å². The quantitative estimate of drug-likeness (QED) is 0.544. The minimum Gasteiger partial charge on any atom is -0.338 e. The van der Waals surface area contributed by atoms with Crippen molar-refractivity contribution in [1.29, 1.82) is 0 Å². The van der Waals surface area contributed by atoms with Gasteiger partial charge in [-0.3, -0.25) is 14.5 Å². The van der Waals surface area contributed by atoms with Crippen LogP contribution in [-0.4, -0.2) is 48.3 Å². The predicted molar refractivity (Wildman–Crippen MR) is 127 cm³/mol. The second-order valence-corrected chi connectivity index (χ2v) is 9.20. The third-order valence-corrected chi connectivity index (χ3v) is 6.61. The fraction of sp³-hybridized carbons (Fsp3) is 0.455. The van der Waals surface area contributed by atoms with Crippen LogP contribution < -0.4 is 10.2 Å². The van der Waals surface area contributed by atoms with Gasteiger partial charge in [-0.1, -0.05) is 26.0 Å². The number of carbonyl (C=O) groups is 2. The molecule has 1 aromatic carbocycles. The highest BCUT2D eigenvalue weighted by Gasteiger charge is 2.39. The molecule has 1 fully saturated rings. The van der Waals surface area contributed by atoms with Crippen LogP contribution >= 0.6 is 35.3 Å². The first-order valence-electron chi connectivity index (χ1n) is 10.2. The first-order chi connectivity index (χ1) is 15.1. The van der Waals surface area contributed by atoms with Crippen LogP contribution in [-0.2, 0) is 15.8 Å². The number of piperazine rings is 1. The largest absolute Gasteiger partial charge is 0.416 e. The number of benzene rings is 1. The third-order valence-electron chi connectivity index (χ3n) is 5.46. The van der Waals surface area contributed by atoms with Crippen molar-refractivity contribution in [1.82, 2.24) is 10.2 Å². The summed E-state index contributed by atoms with van der Waals surface area (Å²) in [5.74, 6) is -1.17. The van der Waals surface area contributed by atoms with Gasteiger partial charge in [-0.2, -0.15) is 13.2 Å². The number of nitrogens with zero attached hydrogens (tertiary/aromatic N) is 2. The van der Waals surface area contributed by atoms with Crippen LogP contribution in [0.2, 0.25) is 0 Å². The molecule has 0 unspecified atom stereocenters. The zero-order valence-corrected chi connectivity index (χ0v) is 20.5. The molecule has 1 N–H and O–H groups in total. The fourth-order valence-electron chi connectivity index (χ4n) is 3.74. The van der Waals surface area contributed by atoms with Gasteiger partial charge in [0.2, 0.25) is 5.91 Å². The van der Waals surface area contributed by atoms with E-state index in [2.05, 4.69) is 5.32 Å². The van der Waals surface area contributed by atoms with Crippen molar-refractivity contribution in [3.05, 3.63) is 52.2 Å². The summed E-state index contributed by atoms with van der Waals surface area (Å²) in [5, 5.41) is 5.14. The molecule has 0 bridgehead atoms. The van der Waals surface area contributed by atoms with E-state index < -0.39 is 29.6 Å². The number of alkyl halides is 4. The second-order valence-electron chi connectivity index (χ2n) is 7.95. The lowest BCUT2D eigenvalue weighted by Gasteiger charge is -2.39. The molecule has 2 amide bonds. The molecule has 1 saturated heterocycles. The van der Waals surface area contributed by atoms with Gasteiger partial charge in [0.25, 0.3) is 5.91 Å². The number of rotatable bonds is 6. The Labute approximate surface area is 206 Å². The van der Waals surface area contributed by atoms with Crippen LogP contribution in [0.5, 0.6) is 0 Å². The SMILES string of the molecule is CC(C)[C@H]1CN(C(=O)[C@@H](c2cccs2)N(C(=O)CCl)c2cccc(C(F)(F)F)c2)CCN1.Cl. The Bertz CT molecular complexity index is 941. The van der Waals surface area contributed by atoms with E-state index in [1.165, 1.54) is 23.5 Å². The van der Waals surface area contributed by atoms with Crippen LogP contribution in [0, 0.1) is 5.92 Å². The van der Waals surface area contributed by atoms with Gasteiger partial charge in [-0.15, -0.1) is 35.3 Å². The Balaban J connectivity index is 0.00000385. The molecule has 2 atom stereocenters. The topological polar surface area (TPSA) is 52.7 Å². The standard InChI is InChI=1S/C22H25ClF3N3O2S.ClH/c1-14(2)17-13-28(9-8-27-17)21(31)20(18-7-4-10-32-18)29(19(30)12-23)16-6-3-5-15(11-16)22(24,25)26;/h3-7,10-11,14,17,20,27H,8-9,12-13H2,1-2H3;1H/t17-,20-;/m1./s1. The molecule has 3 rings (SSSR count). The summed E-state index contributed by atoms with van der Waals surface area (Å²) in [4.78, 5) is 30.0. The lowest BCUT2D eigenvalue weighted by molar-refractivity contribution is -0.137. The third kappa shape index (κ3) is 6.41. The summed E-state index contributed by atoms with van der Waals surface area (Å²) in [6.07, 6.45) is -4.59. The van der Waals surface area contributed by atoms with Crippen molar-refractivity contribution in [3.63, 3.8) is 0 Å². The van der Waals surface area contributed by atoms with Crippen LogP contribution in [0.1, 0.15) is 30.3 Å². The molecule has 33 heavy (non-hydrogen) atoms. The maximum Gasteiger partial charge on any atom is 0.416 e. The monoisotopic (exact) mass is 523 g/mol. The van der Waals surface area contributed by atoms with Gasteiger partial charge in [0.15, 0.2) is 0 Å². The highest BCUT2D eigenvalue weighted by Crippen LogP contribution is 2.36. The van der Waals surface area contributed by atoms with Gasteiger partial charge in [-0.05, 0) is 35.6 Å². The number of anilines is 1. The lowest BCUT2D eigenvalue weighted by Crippen LogP contribution is -2.57. The van der Waals surface area contributed by atoms with E-state index >= 15 is 0 Å². The molecule has 182 valence electrons. The molecule has 1 aliphatic rings. The summed E-state index contributed by atoms with van der Waals surface area (Å²) in [6, 6.07) is 6.86. The summed E-state index contributed by atoms with van der Waals surface area (Å²) >= 11 is 7.11. The zero-order chi connectivity index (χ0) is 23.5. The average molecular weight is 524 g/mol. The highest BCUT2D eigenvalue weighted by atomic mass is 35.5. The highest BCUT2D eigenvalue weighted by molar-refractivity contribution is 7.10. The summed E-state index contributed by atoms with van der Waals surface area (Å²) in [5.41, 5.74) is -0.922. The molecule has 2 heterocycles. The molecule has 1 aliphatic heterocycles. The predicted octanol–water partition coefficient (Wildman–Crippen LogP) is 4.96. The molecule has 2 aromatic rings. The van der Waals surface area contributed by atoms with E-state index in [1.807, 2.05) is 13.8 Å². The van der Waals surface area contributed by atoms with Gasteiger partial charge in [0, 0.05) is 36.2 Å². The first kappa shape index (κ1) is 27.4. The normalized spacial score (nSPS) is 17.4. The minimum absolute atomic E-state index is 0. The molecule has 0 aliphatic carbocycles. The number of halogens is 5.